The molecule has 12 aromatic heterocycles. The highest BCUT2D eigenvalue weighted by Crippen LogP contribution is 2.55. The molecule has 0 atom stereocenters. The molecule has 0 fully saturated rings. The number of rotatable bonds is 5. The van der Waals surface area contributed by atoms with Crippen LogP contribution in [0.1, 0.15) is 25.9 Å². The van der Waals surface area contributed by atoms with E-state index in [-0.39, 0.29) is 0 Å². The van der Waals surface area contributed by atoms with Crippen molar-refractivity contribution < 1.29 is 17.7 Å². The Morgan fingerprint density at radius 1 is 0.387 bits per heavy atom. The van der Waals surface area contributed by atoms with Gasteiger partial charge in [0.15, 0.2) is 22.3 Å². The van der Waals surface area contributed by atoms with Crippen LogP contribution in [0.15, 0.2) is 117 Å². The van der Waals surface area contributed by atoms with Crippen molar-refractivity contribution in [1.82, 2.24) is 4.57 Å². The molecule has 0 saturated heterocycles. The van der Waals surface area contributed by atoms with Crippen molar-refractivity contribution in [3.63, 3.8) is 0 Å². The van der Waals surface area contributed by atoms with Crippen LogP contribution in [0.2, 0.25) is 0 Å². The van der Waals surface area contributed by atoms with Gasteiger partial charge in [0.2, 0.25) is 0 Å². The minimum Gasteiger partial charge on any atom is -0.454 e. The third-order valence-electron chi connectivity index (χ3n) is 12.9. The van der Waals surface area contributed by atoms with E-state index in [1.807, 2.05) is 11.3 Å². The van der Waals surface area contributed by atoms with Crippen molar-refractivity contribution in [3.8, 4) is 45.5 Å². The molecule has 5 nitrogen and oxygen atoms in total. The van der Waals surface area contributed by atoms with E-state index in [4.69, 9.17) is 17.7 Å². The second-order valence-corrected chi connectivity index (χ2v) is 33.0. The summed E-state index contributed by atoms with van der Waals surface area (Å²) >= 11 is 40.0. The third kappa shape index (κ3) is 8.26. The highest BCUT2D eigenvalue weighted by atomic mass is 127. The molecule has 0 unspecified atom stereocenters. The van der Waals surface area contributed by atoms with Crippen LogP contribution in [0.3, 0.4) is 0 Å². The first-order valence-corrected chi connectivity index (χ1v) is 35.2. The number of aromatic nitrogens is 1. The number of thiophene rings is 7. The molecule has 0 radical (unpaired) electrons. The summed E-state index contributed by atoms with van der Waals surface area (Å²) in [6.45, 7) is 10.7. The molecular weight excluding hydrogens is 1700 g/mol. The Kier molecular flexibility index (Phi) is 13.2. The van der Waals surface area contributed by atoms with Crippen LogP contribution in [0.25, 0.3) is 131 Å². The van der Waals surface area contributed by atoms with Gasteiger partial charge in [-0.05, 0) is 236 Å². The lowest BCUT2D eigenvalue weighted by Gasteiger charge is -2.12. The van der Waals surface area contributed by atoms with Gasteiger partial charge in [-0.25, -0.2) is 0 Å². The minimum atomic E-state index is 0.879. The van der Waals surface area contributed by atoms with E-state index in [0.717, 1.165) is 126 Å². The maximum atomic E-state index is 6.60. The Labute approximate surface area is 532 Å². The zero-order valence-electron chi connectivity index (χ0n) is 38.9. The smallest absolute Gasteiger partial charge is 0.161 e. The number of furan rings is 4. The van der Waals surface area contributed by atoms with E-state index >= 15 is 0 Å². The first kappa shape index (κ1) is 51.5. The standard InChI is InChI=1S/C31H17Br2I2NO2S3.C24H10Br4O2S4/c1-12-4-6-15(7-5-12)36-13(2)8-18(32)24(36)30-22(34)25-27(40-30)16-10-21-17(11-20(16)37-25)28-26(38-21)23(35)31(41-28)29-19(33)9-14(3)39-29;1-7-3-11(25)21(31-7)23-15(27)17-19(33-23)9-5-14-10(6-13(9)29-17)20-18(30-14)16(28)24(34-20)22-12(26)4-8(2)32-22/h4-11H,1-3H3;3-6H,1-2H3. The van der Waals surface area contributed by atoms with E-state index in [1.54, 1.807) is 68.0 Å². The zero-order chi connectivity index (χ0) is 51.8. The summed E-state index contributed by atoms with van der Waals surface area (Å²) < 4.78 is 41.6. The Balaban J connectivity index is 0.000000140. The monoisotopic (exact) mass is 1720 g/mol. The molecule has 0 aliphatic carbocycles. The fraction of sp³-hybridized carbons (Fsp3) is 0.0909. The lowest BCUT2D eigenvalue weighted by molar-refractivity contribution is 0.662. The summed E-state index contributed by atoms with van der Waals surface area (Å²) in [5.41, 5.74) is 12.0. The Bertz CT molecular complexity index is 4760. The maximum absolute atomic E-state index is 6.60. The summed E-state index contributed by atoms with van der Waals surface area (Å²) in [4.78, 5) is 12.4. The van der Waals surface area contributed by atoms with Crippen LogP contribution in [-0.2, 0) is 0 Å². The van der Waals surface area contributed by atoms with Gasteiger partial charge in [-0.2, -0.15) is 0 Å². The number of benzene rings is 3. The maximum Gasteiger partial charge on any atom is 0.161 e. The van der Waals surface area contributed by atoms with Gasteiger partial charge in [-0.3, -0.25) is 0 Å². The van der Waals surface area contributed by atoms with Crippen LogP contribution in [-0.4, -0.2) is 4.57 Å². The highest BCUT2D eigenvalue weighted by molar-refractivity contribution is 14.1. The molecule has 0 aliphatic heterocycles. The predicted molar refractivity (Wildman–Crippen MR) is 364 cm³/mol. The van der Waals surface area contributed by atoms with Crippen molar-refractivity contribution in [2.45, 2.75) is 34.6 Å². The Morgan fingerprint density at radius 2 is 0.747 bits per heavy atom. The molecule has 0 amide bonds. The summed E-state index contributed by atoms with van der Waals surface area (Å²) in [6.07, 6.45) is 0. The summed E-state index contributed by atoms with van der Waals surface area (Å²) in [5.74, 6) is 0. The van der Waals surface area contributed by atoms with E-state index in [1.165, 1.54) is 64.7 Å². The summed E-state index contributed by atoms with van der Waals surface area (Å²) in [5, 5.41) is 4.36. The third-order valence-corrected chi connectivity index (χ3v) is 29.5. The first-order valence-electron chi connectivity index (χ1n) is 22.6. The van der Waals surface area contributed by atoms with Gasteiger partial charge in [0.25, 0.3) is 0 Å². The van der Waals surface area contributed by atoms with Crippen LogP contribution in [0.5, 0.6) is 0 Å². The molecule has 0 aliphatic rings. The predicted octanol–water partition coefficient (Wildman–Crippen LogP) is 26.2. The number of fused-ring (bicyclic) bond motifs is 12. The molecule has 20 heteroatoms. The SMILES string of the molecule is Cc1cc(Br)c(-c2sc3c(oc4cc5c(cc43)oc3c(Br)c(-c4sc(C)cc4Br)sc35)c2Br)s1.Cc1ccc(-n2c(C)cc(Br)c2-c2sc3c(oc4cc5c(cc43)oc3c(I)c(-c4sc(C)cc4Br)sc35)c2I)cc1. The van der Waals surface area contributed by atoms with E-state index in [0.29, 0.717) is 0 Å². The molecular formula is C55H27Br6I2NO4S7. The molecule has 12 heterocycles. The first-order chi connectivity index (χ1) is 36.0. The molecule has 374 valence electrons. The average molecular weight is 1720 g/mol. The molecule has 15 rings (SSSR count). The Hall–Kier alpha value is -1.62. The van der Waals surface area contributed by atoms with Gasteiger partial charge < -0.3 is 22.2 Å². The topological polar surface area (TPSA) is 57.5 Å². The van der Waals surface area contributed by atoms with Gasteiger partial charge in [-0.1, -0.05) is 17.7 Å². The van der Waals surface area contributed by atoms with E-state index in [9.17, 15) is 0 Å². The summed E-state index contributed by atoms with van der Waals surface area (Å²) in [7, 11) is 0. The number of aryl methyl sites for hydroxylation is 5. The fourth-order valence-electron chi connectivity index (χ4n) is 9.61. The quantitative estimate of drug-likeness (QED) is 0.161. The summed E-state index contributed by atoms with van der Waals surface area (Å²) in [6, 6.07) is 26.0. The second kappa shape index (κ2) is 19.3. The Morgan fingerprint density at radius 3 is 1.16 bits per heavy atom. The molecule has 75 heavy (non-hydrogen) atoms. The molecule has 15 aromatic rings. The van der Waals surface area contributed by atoms with Gasteiger partial charge in [0.1, 0.15) is 22.3 Å². The zero-order valence-corrected chi connectivity index (χ0v) is 58.4. The molecule has 3 aromatic carbocycles. The number of hydrogen-bond acceptors (Lipinski definition) is 11. The number of halogens is 8. The van der Waals surface area contributed by atoms with Gasteiger partial charge >= 0.3 is 0 Å². The van der Waals surface area contributed by atoms with Crippen LogP contribution >= 0.6 is 220 Å². The fourth-order valence-corrected chi connectivity index (χ4v) is 25.9. The van der Waals surface area contributed by atoms with Gasteiger partial charge in [0, 0.05) is 65.4 Å². The molecule has 0 saturated carbocycles. The molecule has 0 spiro atoms. The van der Waals surface area contributed by atoms with E-state index in [2.05, 4.69) is 253 Å². The second-order valence-electron chi connectivity index (χ2n) is 18.0. The van der Waals surface area contributed by atoms with Crippen molar-refractivity contribution in [2.75, 3.05) is 0 Å². The van der Waals surface area contributed by atoms with Crippen molar-refractivity contribution in [2.24, 2.45) is 0 Å². The molecule has 0 bridgehead atoms. The number of hydrogen-bond donors (Lipinski definition) is 0. The van der Waals surface area contributed by atoms with Crippen LogP contribution in [0, 0.1) is 41.8 Å². The van der Waals surface area contributed by atoms with Crippen molar-refractivity contribution in [1.29, 1.82) is 0 Å². The van der Waals surface area contributed by atoms with Crippen LogP contribution in [0.4, 0.5) is 0 Å². The lowest BCUT2D eigenvalue weighted by Crippen LogP contribution is -1.99. The number of nitrogens with zero attached hydrogens (tertiary/aromatic N) is 1. The van der Waals surface area contributed by atoms with Gasteiger partial charge in [0.05, 0.1) is 74.7 Å². The largest absolute Gasteiger partial charge is 0.454 e. The van der Waals surface area contributed by atoms with Gasteiger partial charge in [-0.15, -0.1) is 79.4 Å². The molecule has 0 N–H and O–H groups in total. The van der Waals surface area contributed by atoms with Crippen LogP contribution < -0.4 is 0 Å². The highest BCUT2D eigenvalue weighted by Gasteiger charge is 2.29. The van der Waals surface area contributed by atoms with E-state index < -0.39 is 0 Å². The normalized spacial score (nSPS) is 12.3. The minimum absolute atomic E-state index is 0.879. The average Bonchev–Trinajstić information content (AvgIpc) is 4.26. The van der Waals surface area contributed by atoms with Crippen molar-refractivity contribution in [3.05, 3.63) is 133 Å². The lowest BCUT2D eigenvalue weighted by atomic mass is 10.2. The van der Waals surface area contributed by atoms with Crippen molar-refractivity contribution >= 4 is 305 Å².